The number of oxime groups is 1. The molecule has 0 spiro atoms. The van der Waals surface area contributed by atoms with Crippen LogP contribution in [0.4, 0.5) is 4.39 Å². The molecule has 1 amide bonds. The van der Waals surface area contributed by atoms with E-state index in [0.717, 1.165) is 0 Å². The van der Waals surface area contributed by atoms with Crippen LogP contribution >= 0.6 is 0 Å². The van der Waals surface area contributed by atoms with E-state index in [1.165, 1.54) is 13.0 Å². The second-order valence-corrected chi connectivity index (χ2v) is 5.16. The Labute approximate surface area is 127 Å². The minimum Gasteiger partial charge on any atom is -0.390 e. The standard InChI is InChI=1S/C16H16FN3O2/c1-11(21)18-10-13-9-15(19-22-13)12-4-5-16(14(17)8-12)20-6-2-3-7-20/h2-8,13H,9-10H2,1H3,(H,18,21)/t13-/m1/s1. The van der Waals surface area contributed by atoms with Gasteiger partial charge in [-0.2, -0.15) is 0 Å². The van der Waals surface area contributed by atoms with Gasteiger partial charge in [0, 0.05) is 31.3 Å². The van der Waals surface area contributed by atoms with Gasteiger partial charge in [-0.25, -0.2) is 4.39 Å². The topological polar surface area (TPSA) is 55.6 Å². The number of benzene rings is 1. The first-order valence-corrected chi connectivity index (χ1v) is 7.04. The Kier molecular flexibility index (Phi) is 3.91. The molecule has 0 unspecified atom stereocenters. The van der Waals surface area contributed by atoms with Gasteiger partial charge in [-0.3, -0.25) is 4.79 Å². The highest BCUT2D eigenvalue weighted by atomic mass is 19.1. The van der Waals surface area contributed by atoms with Crippen LogP contribution in [0, 0.1) is 5.82 Å². The second-order valence-electron chi connectivity index (χ2n) is 5.16. The van der Waals surface area contributed by atoms with Gasteiger partial charge in [0.2, 0.25) is 5.91 Å². The molecule has 5 nitrogen and oxygen atoms in total. The van der Waals surface area contributed by atoms with Crippen molar-refractivity contribution in [3.63, 3.8) is 0 Å². The zero-order chi connectivity index (χ0) is 15.5. The van der Waals surface area contributed by atoms with E-state index in [2.05, 4.69) is 10.5 Å². The molecule has 114 valence electrons. The molecule has 2 heterocycles. The fraction of sp³-hybridized carbons (Fsp3) is 0.250. The summed E-state index contributed by atoms with van der Waals surface area (Å²) in [5.74, 6) is -0.430. The first-order chi connectivity index (χ1) is 10.6. The van der Waals surface area contributed by atoms with Crippen LogP contribution in [-0.2, 0) is 9.63 Å². The van der Waals surface area contributed by atoms with E-state index in [1.54, 1.807) is 23.0 Å². The van der Waals surface area contributed by atoms with Crippen LogP contribution in [0.1, 0.15) is 18.9 Å². The van der Waals surface area contributed by atoms with Crippen molar-refractivity contribution in [2.75, 3.05) is 6.54 Å². The van der Waals surface area contributed by atoms with E-state index in [9.17, 15) is 9.18 Å². The molecule has 0 fully saturated rings. The van der Waals surface area contributed by atoms with Crippen molar-refractivity contribution in [2.24, 2.45) is 5.16 Å². The Bertz CT molecular complexity index is 710. The van der Waals surface area contributed by atoms with Crippen LogP contribution in [0.15, 0.2) is 47.9 Å². The third-order valence-corrected chi connectivity index (χ3v) is 3.48. The smallest absolute Gasteiger partial charge is 0.217 e. The molecule has 22 heavy (non-hydrogen) atoms. The second kappa shape index (κ2) is 6.01. The number of hydrogen-bond acceptors (Lipinski definition) is 3. The molecule has 1 aliphatic heterocycles. The zero-order valence-electron chi connectivity index (χ0n) is 12.1. The van der Waals surface area contributed by atoms with Crippen molar-refractivity contribution >= 4 is 11.6 Å². The average molecular weight is 301 g/mol. The number of amides is 1. The van der Waals surface area contributed by atoms with Gasteiger partial charge in [-0.05, 0) is 24.3 Å². The van der Waals surface area contributed by atoms with Gasteiger partial charge in [-0.15, -0.1) is 0 Å². The molecule has 1 atom stereocenters. The van der Waals surface area contributed by atoms with Gasteiger partial charge in [-0.1, -0.05) is 11.2 Å². The van der Waals surface area contributed by atoms with E-state index < -0.39 is 0 Å². The third-order valence-electron chi connectivity index (χ3n) is 3.48. The highest BCUT2D eigenvalue weighted by molar-refractivity contribution is 6.01. The lowest BCUT2D eigenvalue weighted by Crippen LogP contribution is -2.30. The predicted octanol–water partition coefficient (Wildman–Crippen LogP) is 2.25. The monoisotopic (exact) mass is 301 g/mol. The number of halogens is 1. The number of nitrogens with one attached hydrogen (secondary N) is 1. The molecule has 0 saturated carbocycles. The van der Waals surface area contributed by atoms with E-state index in [4.69, 9.17) is 4.84 Å². The molecule has 1 aromatic heterocycles. The van der Waals surface area contributed by atoms with Crippen molar-refractivity contribution < 1.29 is 14.0 Å². The Morgan fingerprint density at radius 3 is 2.91 bits per heavy atom. The molecule has 0 bridgehead atoms. The van der Waals surface area contributed by atoms with Crippen LogP contribution in [0.5, 0.6) is 0 Å². The fourth-order valence-corrected chi connectivity index (χ4v) is 2.36. The summed E-state index contributed by atoms with van der Waals surface area (Å²) in [6, 6.07) is 8.68. The normalized spacial score (nSPS) is 17.0. The SMILES string of the molecule is CC(=O)NC[C@H]1CC(c2ccc(-n3cccc3)c(F)c2)=NO1. The summed E-state index contributed by atoms with van der Waals surface area (Å²) in [5.41, 5.74) is 1.87. The Hall–Kier alpha value is -2.63. The molecular weight excluding hydrogens is 285 g/mol. The minimum absolute atomic E-state index is 0.112. The maximum atomic E-state index is 14.2. The van der Waals surface area contributed by atoms with Crippen LogP contribution in [-0.4, -0.2) is 28.8 Å². The maximum Gasteiger partial charge on any atom is 0.217 e. The van der Waals surface area contributed by atoms with Crippen LogP contribution in [0.3, 0.4) is 0 Å². The summed E-state index contributed by atoms with van der Waals surface area (Å²) in [5, 5.41) is 6.67. The highest BCUT2D eigenvalue weighted by Gasteiger charge is 2.23. The summed E-state index contributed by atoms with van der Waals surface area (Å²) in [7, 11) is 0. The van der Waals surface area contributed by atoms with E-state index in [0.29, 0.717) is 29.9 Å². The fourth-order valence-electron chi connectivity index (χ4n) is 2.36. The van der Waals surface area contributed by atoms with Crippen LogP contribution < -0.4 is 5.32 Å². The summed E-state index contributed by atoms with van der Waals surface area (Å²) in [6.07, 6.45) is 3.92. The lowest BCUT2D eigenvalue weighted by Gasteiger charge is -2.08. The molecule has 6 heteroatoms. The van der Waals surface area contributed by atoms with E-state index in [1.807, 2.05) is 18.2 Å². The number of carbonyl (C=O) groups is 1. The Balaban J connectivity index is 1.71. The van der Waals surface area contributed by atoms with E-state index >= 15 is 0 Å². The van der Waals surface area contributed by atoms with E-state index in [-0.39, 0.29) is 17.8 Å². The summed E-state index contributed by atoms with van der Waals surface area (Å²) >= 11 is 0. The number of rotatable bonds is 4. The molecule has 0 saturated heterocycles. The lowest BCUT2D eigenvalue weighted by molar-refractivity contribution is -0.119. The third kappa shape index (κ3) is 3.00. The molecule has 2 aromatic rings. The lowest BCUT2D eigenvalue weighted by atomic mass is 10.0. The summed E-state index contributed by atoms with van der Waals surface area (Å²) in [6.45, 7) is 1.85. The first kappa shape index (κ1) is 14.3. The molecule has 1 aliphatic rings. The molecule has 1 aromatic carbocycles. The first-order valence-electron chi connectivity index (χ1n) is 7.04. The maximum absolute atomic E-state index is 14.2. The summed E-state index contributed by atoms with van der Waals surface area (Å²) < 4.78 is 16.0. The van der Waals surface area contributed by atoms with Crippen molar-refractivity contribution in [3.05, 3.63) is 54.1 Å². The Morgan fingerprint density at radius 1 is 1.45 bits per heavy atom. The quantitative estimate of drug-likeness (QED) is 0.941. The molecule has 3 rings (SSSR count). The predicted molar refractivity (Wildman–Crippen MR) is 80.4 cm³/mol. The van der Waals surface area contributed by atoms with Gasteiger partial charge in [0.15, 0.2) is 0 Å². The minimum atomic E-state index is -0.318. The van der Waals surface area contributed by atoms with Crippen molar-refractivity contribution in [3.8, 4) is 5.69 Å². The average Bonchev–Trinajstić information content (AvgIpc) is 3.16. The Morgan fingerprint density at radius 2 is 2.23 bits per heavy atom. The summed E-state index contributed by atoms with van der Waals surface area (Å²) in [4.78, 5) is 16.1. The highest BCUT2D eigenvalue weighted by Crippen LogP contribution is 2.20. The molecular formula is C16H16FN3O2. The van der Waals surface area contributed by atoms with Crippen LogP contribution in [0.25, 0.3) is 5.69 Å². The largest absolute Gasteiger partial charge is 0.390 e. The molecule has 0 radical (unpaired) electrons. The number of carbonyl (C=O) groups excluding carboxylic acids is 1. The van der Waals surface area contributed by atoms with Crippen molar-refractivity contribution in [1.82, 2.24) is 9.88 Å². The van der Waals surface area contributed by atoms with Gasteiger partial charge in [0.1, 0.15) is 11.9 Å². The van der Waals surface area contributed by atoms with Gasteiger partial charge >= 0.3 is 0 Å². The molecule has 1 N–H and O–H groups in total. The number of aromatic nitrogens is 1. The van der Waals surface area contributed by atoms with Gasteiger partial charge in [0.05, 0.1) is 17.9 Å². The molecule has 0 aliphatic carbocycles. The van der Waals surface area contributed by atoms with Gasteiger partial charge in [0.25, 0.3) is 0 Å². The zero-order valence-corrected chi connectivity index (χ0v) is 12.1. The van der Waals surface area contributed by atoms with Crippen molar-refractivity contribution in [1.29, 1.82) is 0 Å². The van der Waals surface area contributed by atoms with Crippen LogP contribution in [0.2, 0.25) is 0 Å². The van der Waals surface area contributed by atoms with Crippen molar-refractivity contribution in [2.45, 2.75) is 19.4 Å². The van der Waals surface area contributed by atoms with Gasteiger partial charge < -0.3 is 14.7 Å². The number of nitrogens with zero attached hydrogens (tertiary/aromatic N) is 2. The number of hydrogen-bond donors (Lipinski definition) is 1.